The van der Waals surface area contributed by atoms with Gasteiger partial charge in [0.2, 0.25) is 0 Å². The summed E-state index contributed by atoms with van der Waals surface area (Å²) in [5.41, 5.74) is 0. The second-order valence-electron chi connectivity index (χ2n) is 3.67. The molecule has 0 saturated heterocycles. The predicted octanol–water partition coefficient (Wildman–Crippen LogP) is 0.865. The number of carbonyl (C=O) groups is 1. The van der Waals surface area contributed by atoms with Crippen molar-refractivity contribution in [1.82, 2.24) is 0 Å². The van der Waals surface area contributed by atoms with Gasteiger partial charge in [-0.3, -0.25) is 4.79 Å². The maximum absolute atomic E-state index is 10.6. The number of aliphatic carboxylic acids is 1. The van der Waals surface area contributed by atoms with E-state index in [1.54, 1.807) is 0 Å². The topological polar surface area (TPSA) is 77.8 Å². The maximum Gasteiger partial charge on any atom is 0.308 e. The Morgan fingerprint density at radius 3 is 2.00 bits per heavy atom. The molecule has 0 amide bonds. The normalized spacial score (nSPS) is 19.8. The third-order valence-electron chi connectivity index (χ3n) is 2.72. The lowest BCUT2D eigenvalue weighted by molar-refractivity contribution is -0.147. The molecule has 0 bridgehead atoms. The first-order chi connectivity index (χ1) is 6.45. The van der Waals surface area contributed by atoms with Gasteiger partial charge in [0.25, 0.3) is 0 Å². The Morgan fingerprint density at radius 1 is 1.21 bits per heavy atom. The molecule has 4 heteroatoms. The van der Waals surface area contributed by atoms with Gasteiger partial charge in [-0.1, -0.05) is 13.8 Å². The van der Waals surface area contributed by atoms with Crippen LogP contribution in [0.4, 0.5) is 0 Å². The molecule has 0 aliphatic heterocycles. The fraction of sp³-hybridized carbons (Fsp3) is 0.900. The number of aliphatic hydroxyl groups excluding tert-OH is 2. The van der Waals surface area contributed by atoms with Crippen molar-refractivity contribution < 1.29 is 20.1 Å². The standard InChI is InChI=1S/C10H20O4/c1-4-7(8(11)5-2)9(12)6(3)10(13)14/h6-9,11-12H,4-5H2,1-3H3,(H,13,14)/t6-,7-,8+,9-/m0/s1. The van der Waals surface area contributed by atoms with E-state index in [9.17, 15) is 15.0 Å². The van der Waals surface area contributed by atoms with E-state index in [4.69, 9.17) is 5.11 Å². The minimum Gasteiger partial charge on any atom is -0.481 e. The molecular formula is C10H20O4. The molecule has 14 heavy (non-hydrogen) atoms. The van der Waals surface area contributed by atoms with Crippen molar-refractivity contribution in [3.63, 3.8) is 0 Å². The zero-order chi connectivity index (χ0) is 11.3. The quantitative estimate of drug-likeness (QED) is 0.599. The first-order valence-electron chi connectivity index (χ1n) is 5.04. The second kappa shape index (κ2) is 5.98. The second-order valence-corrected chi connectivity index (χ2v) is 3.67. The highest BCUT2D eigenvalue weighted by Gasteiger charge is 2.31. The first-order valence-corrected chi connectivity index (χ1v) is 5.04. The molecule has 0 aromatic rings. The van der Waals surface area contributed by atoms with Crippen LogP contribution in [0.25, 0.3) is 0 Å². The van der Waals surface area contributed by atoms with Gasteiger partial charge in [-0.15, -0.1) is 0 Å². The van der Waals surface area contributed by atoms with E-state index >= 15 is 0 Å². The number of carboxylic acids is 1. The van der Waals surface area contributed by atoms with Crippen LogP contribution in [0.2, 0.25) is 0 Å². The molecule has 0 aliphatic rings. The van der Waals surface area contributed by atoms with Gasteiger partial charge in [-0.05, 0) is 19.8 Å². The monoisotopic (exact) mass is 204 g/mol. The summed E-state index contributed by atoms with van der Waals surface area (Å²) < 4.78 is 0. The smallest absolute Gasteiger partial charge is 0.308 e. The highest BCUT2D eigenvalue weighted by Crippen LogP contribution is 2.22. The number of aliphatic hydroxyl groups is 2. The Labute approximate surface area is 84.6 Å². The molecule has 0 fully saturated rings. The number of hydrogen-bond acceptors (Lipinski definition) is 3. The average molecular weight is 204 g/mol. The van der Waals surface area contributed by atoms with E-state index in [0.29, 0.717) is 12.8 Å². The summed E-state index contributed by atoms with van der Waals surface area (Å²) >= 11 is 0. The van der Waals surface area contributed by atoms with Crippen LogP contribution in [0, 0.1) is 11.8 Å². The van der Waals surface area contributed by atoms with E-state index < -0.39 is 24.1 Å². The molecule has 0 aliphatic carbocycles. The molecule has 0 aromatic heterocycles. The fourth-order valence-electron chi connectivity index (χ4n) is 1.56. The van der Waals surface area contributed by atoms with E-state index in [1.165, 1.54) is 6.92 Å². The predicted molar refractivity (Wildman–Crippen MR) is 52.9 cm³/mol. The molecule has 84 valence electrons. The average Bonchev–Trinajstić information content (AvgIpc) is 2.16. The van der Waals surface area contributed by atoms with Gasteiger partial charge in [-0.25, -0.2) is 0 Å². The summed E-state index contributed by atoms with van der Waals surface area (Å²) in [7, 11) is 0. The summed E-state index contributed by atoms with van der Waals surface area (Å²) in [5, 5.41) is 28.0. The van der Waals surface area contributed by atoms with Gasteiger partial charge in [0.1, 0.15) is 0 Å². The van der Waals surface area contributed by atoms with Crippen LogP contribution in [0.5, 0.6) is 0 Å². The van der Waals surface area contributed by atoms with Crippen LogP contribution in [-0.2, 0) is 4.79 Å². The van der Waals surface area contributed by atoms with Crippen LogP contribution in [0.3, 0.4) is 0 Å². The molecule has 4 atom stereocenters. The van der Waals surface area contributed by atoms with Gasteiger partial charge in [0.15, 0.2) is 0 Å². The Kier molecular flexibility index (Phi) is 5.72. The molecule has 3 N–H and O–H groups in total. The third-order valence-corrected chi connectivity index (χ3v) is 2.72. The van der Waals surface area contributed by atoms with Gasteiger partial charge in [0, 0.05) is 5.92 Å². The lowest BCUT2D eigenvalue weighted by atomic mass is 9.85. The van der Waals surface area contributed by atoms with Crippen molar-refractivity contribution in [2.24, 2.45) is 11.8 Å². The molecule has 0 aromatic carbocycles. The zero-order valence-corrected chi connectivity index (χ0v) is 8.97. The van der Waals surface area contributed by atoms with Crippen molar-refractivity contribution in [3.05, 3.63) is 0 Å². The van der Waals surface area contributed by atoms with E-state index in [2.05, 4.69) is 0 Å². The van der Waals surface area contributed by atoms with Gasteiger partial charge >= 0.3 is 5.97 Å². The SMILES string of the molecule is CC[C@H]([C@@H](O)[C@H](C)C(=O)O)[C@H](O)CC. The lowest BCUT2D eigenvalue weighted by Gasteiger charge is -2.28. The van der Waals surface area contributed by atoms with Crippen LogP contribution in [0.1, 0.15) is 33.6 Å². The first kappa shape index (κ1) is 13.4. The van der Waals surface area contributed by atoms with Crippen molar-refractivity contribution in [2.75, 3.05) is 0 Å². The molecule has 0 saturated carbocycles. The van der Waals surface area contributed by atoms with Crippen LogP contribution >= 0.6 is 0 Å². The molecule has 0 spiro atoms. The van der Waals surface area contributed by atoms with E-state index in [1.807, 2.05) is 13.8 Å². The fourth-order valence-corrected chi connectivity index (χ4v) is 1.56. The summed E-state index contributed by atoms with van der Waals surface area (Å²) in [5.74, 6) is -2.22. The van der Waals surface area contributed by atoms with Crippen LogP contribution < -0.4 is 0 Å². The summed E-state index contributed by atoms with van der Waals surface area (Å²) in [4.78, 5) is 10.6. The van der Waals surface area contributed by atoms with Crippen molar-refractivity contribution in [1.29, 1.82) is 0 Å². The third kappa shape index (κ3) is 3.27. The maximum atomic E-state index is 10.6. The Hall–Kier alpha value is -0.610. The van der Waals surface area contributed by atoms with Crippen LogP contribution in [-0.4, -0.2) is 33.5 Å². The Bertz CT molecular complexity index is 181. The van der Waals surface area contributed by atoms with Crippen molar-refractivity contribution in [2.45, 2.75) is 45.8 Å². The number of rotatable bonds is 6. The molecule has 0 rings (SSSR count). The molecule has 4 nitrogen and oxygen atoms in total. The highest BCUT2D eigenvalue weighted by molar-refractivity contribution is 5.70. The molecular weight excluding hydrogens is 184 g/mol. The summed E-state index contributed by atoms with van der Waals surface area (Å²) in [6.45, 7) is 5.10. The number of hydrogen-bond donors (Lipinski definition) is 3. The highest BCUT2D eigenvalue weighted by atomic mass is 16.4. The van der Waals surface area contributed by atoms with Crippen molar-refractivity contribution >= 4 is 5.97 Å². The van der Waals surface area contributed by atoms with Gasteiger partial charge in [-0.2, -0.15) is 0 Å². The minimum atomic E-state index is -1.03. The summed E-state index contributed by atoms with van der Waals surface area (Å²) in [6.07, 6.45) is -0.500. The Morgan fingerprint density at radius 2 is 1.71 bits per heavy atom. The molecule has 0 radical (unpaired) electrons. The van der Waals surface area contributed by atoms with E-state index in [-0.39, 0.29) is 5.92 Å². The van der Waals surface area contributed by atoms with E-state index in [0.717, 1.165) is 0 Å². The Balaban J connectivity index is 4.44. The van der Waals surface area contributed by atoms with Crippen molar-refractivity contribution in [3.8, 4) is 0 Å². The molecule has 0 unspecified atom stereocenters. The lowest BCUT2D eigenvalue weighted by Crippen LogP contribution is -2.38. The molecule has 0 heterocycles. The minimum absolute atomic E-state index is 0.355. The zero-order valence-electron chi connectivity index (χ0n) is 8.97. The van der Waals surface area contributed by atoms with Gasteiger partial charge < -0.3 is 15.3 Å². The largest absolute Gasteiger partial charge is 0.481 e. The number of carboxylic acid groups (broad SMARTS) is 1. The van der Waals surface area contributed by atoms with Crippen LogP contribution in [0.15, 0.2) is 0 Å². The summed E-state index contributed by atoms with van der Waals surface area (Å²) in [6, 6.07) is 0. The van der Waals surface area contributed by atoms with Gasteiger partial charge in [0.05, 0.1) is 18.1 Å².